The number of hydrogen-bond acceptors (Lipinski definition) is 7. The summed E-state index contributed by atoms with van der Waals surface area (Å²) in [6.07, 6.45) is 0.906. The van der Waals surface area contributed by atoms with Gasteiger partial charge in [-0.25, -0.2) is 4.79 Å². The molecule has 186 valence electrons. The van der Waals surface area contributed by atoms with Crippen molar-refractivity contribution in [1.29, 1.82) is 5.26 Å². The van der Waals surface area contributed by atoms with E-state index in [1.165, 1.54) is 11.3 Å². The highest BCUT2D eigenvalue weighted by molar-refractivity contribution is 7.21. The second kappa shape index (κ2) is 10.3. The summed E-state index contributed by atoms with van der Waals surface area (Å²) in [5.74, 6) is 0.355. The topological polar surface area (TPSA) is 94.6 Å². The van der Waals surface area contributed by atoms with Gasteiger partial charge in [-0.15, -0.1) is 11.3 Å². The molecule has 1 unspecified atom stereocenters. The van der Waals surface area contributed by atoms with Gasteiger partial charge in [-0.3, -0.25) is 0 Å². The number of allylic oxidation sites excluding steroid dienone is 1. The van der Waals surface area contributed by atoms with E-state index in [-0.39, 0.29) is 16.5 Å². The molecule has 0 aliphatic carbocycles. The molecular weight excluding hydrogens is 531 g/mol. The van der Waals surface area contributed by atoms with Crippen LogP contribution in [-0.4, -0.2) is 12.6 Å². The Labute approximate surface area is 227 Å². The van der Waals surface area contributed by atoms with Crippen LogP contribution < -0.4 is 19.9 Å². The Morgan fingerprint density at radius 3 is 2.59 bits per heavy atom. The zero-order valence-electron chi connectivity index (χ0n) is 19.6. The molecule has 37 heavy (non-hydrogen) atoms. The smallest absolute Gasteiger partial charge is 0.355 e. The third-order valence-corrected chi connectivity index (χ3v) is 7.74. The first-order chi connectivity index (χ1) is 17.9. The summed E-state index contributed by atoms with van der Waals surface area (Å²) in [4.78, 5) is 13.2. The van der Waals surface area contributed by atoms with Crippen LogP contribution >= 0.6 is 34.5 Å². The standard InChI is InChI=1S/C28H20Cl2N2O4S/c1-2-11-34-17-6-3-15(4-7-17)24-19-10-8-18(13-22(19)36-27(32)21(24)14-31)35-28(33)26-25(30)20-9-5-16(29)12-23(20)37-26/h3-10,12-13,24H,2,11,32H2,1H3. The van der Waals surface area contributed by atoms with Crippen molar-refractivity contribution >= 4 is 50.6 Å². The summed E-state index contributed by atoms with van der Waals surface area (Å²) in [6.45, 7) is 2.66. The van der Waals surface area contributed by atoms with Crippen LogP contribution in [0.3, 0.4) is 0 Å². The number of nitriles is 1. The molecule has 0 bridgehead atoms. The Balaban J connectivity index is 1.44. The first kappa shape index (κ1) is 25.0. The molecule has 0 spiro atoms. The lowest BCUT2D eigenvalue weighted by molar-refractivity contribution is 0.0740. The van der Waals surface area contributed by atoms with Crippen LogP contribution in [0, 0.1) is 11.3 Å². The van der Waals surface area contributed by atoms with Crippen LogP contribution in [0.15, 0.2) is 72.1 Å². The van der Waals surface area contributed by atoms with Gasteiger partial charge in [-0.1, -0.05) is 54.4 Å². The number of carbonyl (C=O) groups is 1. The lowest BCUT2D eigenvalue weighted by Gasteiger charge is -2.26. The molecule has 0 fully saturated rings. The number of halogens is 2. The average molecular weight is 551 g/mol. The molecule has 2 N–H and O–H groups in total. The van der Waals surface area contributed by atoms with E-state index in [1.54, 1.807) is 36.4 Å². The summed E-state index contributed by atoms with van der Waals surface area (Å²) in [6, 6.07) is 19.9. The Morgan fingerprint density at radius 2 is 1.86 bits per heavy atom. The molecule has 4 aromatic rings. The first-order valence-electron chi connectivity index (χ1n) is 11.4. The number of nitrogens with two attached hydrogens (primary N) is 1. The fourth-order valence-corrected chi connectivity index (χ4v) is 5.80. The lowest BCUT2D eigenvalue weighted by Crippen LogP contribution is -2.21. The third-order valence-electron chi connectivity index (χ3n) is 5.86. The second-order valence-corrected chi connectivity index (χ2v) is 10.2. The third kappa shape index (κ3) is 4.84. The van der Waals surface area contributed by atoms with Crippen molar-refractivity contribution in [3.05, 3.63) is 98.2 Å². The molecule has 2 heterocycles. The largest absolute Gasteiger partial charge is 0.494 e. The van der Waals surface area contributed by atoms with Gasteiger partial charge in [0.2, 0.25) is 5.88 Å². The summed E-state index contributed by atoms with van der Waals surface area (Å²) in [5, 5.41) is 11.4. The fourth-order valence-electron chi connectivity index (χ4n) is 4.14. The molecule has 5 rings (SSSR count). The number of rotatable bonds is 6. The van der Waals surface area contributed by atoms with Crippen molar-refractivity contribution < 1.29 is 19.0 Å². The molecule has 0 saturated carbocycles. The van der Waals surface area contributed by atoms with E-state index in [2.05, 4.69) is 6.07 Å². The Bertz CT molecular complexity index is 1590. The van der Waals surface area contributed by atoms with Gasteiger partial charge in [0.15, 0.2) is 0 Å². The average Bonchev–Trinajstić information content (AvgIpc) is 3.22. The maximum atomic E-state index is 13.0. The minimum atomic E-state index is -0.599. The number of fused-ring (bicyclic) bond motifs is 2. The van der Waals surface area contributed by atoms with Crippen molar-refractivity contribution in [2.45, 2.75) is 19.3 Å². The minimum Gasteiger partial charge on any atom is -0.494 e. The summed E-state index contributed by atoms with van der Waals surface area (Å²) in [7, 11) is 0. The molecule has 9 heteroatoms. The zero-order chi connectivity index (χ0) is 26.1. The SMILES string of the molecule is CCCOc1ccc(C2C(C#N)=C(N)Oc3cc(OC(=O)c4sc5cc(Cl)ccc5c4Cl)ccc32)cc1. The predicted octanol–water partition coefficient (Wildman–Crippen LogP) is 7.43. The quantitative estimate of drug-likeness (QED) is 0.198. The summed E-state index contributed by atoms with van der Waals surface area (Å²) < 4.78 is 17.8. The van der Waals surface area contributed by atoms with E-state index < -0.39 is 11.9 Å². The van der Waals surface area contributed by atoms with Crippen molar-refractivity contribution in [1.82, 2.24) is 0 Å². The van der Waals surface area contributed by atoms with E-state index in [0.717, 1.165) is 33.4 Å². The van der Waals surface area contributed by atoms with Crippen molar-refractivity contribution in [3.63, 3.8) is 0 Å². The number of ether oxygens (including phenoxy) is 3. The van der Waals surface area contributed by atoms with Crippen LogP contribution in [0.1, 0.15) is 40.1 Å². The van der Waals surface area contributed by atoms with E-state index in [9.17, 15) is 10.1 Å². The van der Waals surface area contributed by atoms with Crippen molar-refractivity contribution in [3.8, 4) is 23.3 Å². The number of thiophene rings is 1. The van der Waals surface area contributed by atoms with Gasteiger partial charge in [0.05, 0.1) is 17.5 Å². The molecule has 1 atom stereocenters. The van der Waals surface area contributed by atoms with E-state index in [0.29, 0.717) is 28.0 Å². The van der Waals surface area contributed by atoms with Gasteiger partial charge in [0, 0.05) is 26.7 Å². The van der Waals surface area contributed by atoms with Crippen LogP contribution in [0.25, 0.3) is 10.1 Å². The highest BCUT2D eigenvalue weighted by atomic mass is 35.5. The maximum Gasteiger partial charge on any atom is 0.355 e. The van der Waals surface area contributed by atoms with Crippen molar-refractivity contribution in [2.75, 3.05) is 6.61 Å². The van der Waals surface area contributed by atoms with Gasteiger partial charge < -0.3 is 19.9 Å². The van der Waals surface area contributed by atoms with E-state index in [1.807, 2.05) is 31.2 Å². The van der Waals surface area contributed by atoms with Crippen LogP contribution in [0.4, 0.5) is 0 Å². The van der Waals surface area contributed by atoms with Crippen LogP contribution in [-0.2, 0) is 0 Å². The second-order valence-electron chi connectivity index (χ2n) is 8.32. The minimum absolute atomic E-state index is 0.000726. The van der Waals surface area contributed by atoms with Gasteiger partial charge >= 0.3 is 5.97 Å². The van der Waals surface area contributed by atoms with Gasteiger partial charge in [-0.2, -0.15) is 5.26 Å². The molecule has 3 aromatic carbocycles. The fraction of sp³-hybridized carbons (Fsp3) is 0.143. The maximum absolute atomic E-state index is 13.0. The highest BCUT2D eigenvalue weighted by Gasteiger charge is 2.31. The lowest BCUT2D eigenvalue weighted by atomic mass is 9.83. The molecule has 1 aliphatic heterocycles. The Kier molecular flexibility index (Phi) is 6.98. The van der Waals surface area contributed by atoms with Crippen molar-refractivity contribution in [2.24, 2.45) is 5.73 Å². The molecule has 1 aromatic heterocycles. The van der Waals surface area contributed by atoms with Gasteiger partial charge in [-0.05, 0) is 42.3 Å². The van der Waals surface area contributed by atoms with E-state index in [4.69, 9.17) is 43.1 Å². The molecule has 0 saturated heterocycles. The van der Waals surface area contributed by atoms with Crippen LogP contribution in [0.5, 0.6) is 17.2 Å². The van der Waals surface area contributed by atoms with Gasteiger partial charge in [0.1, 0.15) is 33.8 Å². The predicted molar refractivity (Wildman–Crippen MR) is 145 cm³/mol. The summed E-state index contributed by atoms with van der Waals surface area (Å²) in [5.41, 5.74) is 8.00. The first-order valence-corrected chi connectivity index (χ1v) is 13.0. The van der Waals surface area contributed by atoms with Crippen LogP contribution in [0.2, 0.25) is 10.0 Å². The van der Waals surface area contributed by atoms with E-state index >= 15 is 0 Å². The van der Waals surface area contributed by atoms with Gasteiger partial charge in [0.25, 0.3) is 0 Å². The number of benzene rings is 3. The zero-order valence-corrected chi connectivity index (χ0v) is 21.9. The molecule has 0 amide bonds. The molecular formula is C28H20Cl2N2O4S. The Hall–Kier alpha value is -3.70. The molecule has 6 nitrogen and oxygen atoms in total. The highest BCUT2D eigenvalue weighted by Crippen LogP contribution is 2.44. The number of esters is 1. The summed E-state index contributed by atoms with van der Waals surface area (Å²) >= 11 is 13.7. The Morgan fingerprint density at radius 1 is 1.11 bits per heavy atom. The number of nitrogens with zero attached hydrogens (tertiary/aromatic N) is 1. The number of carbonyl (C=O) groups excluding carboxylic acids is 1. The normalized spacial score (nSPS) is 14.6. The molecule has 0 radical (unpaired) electrons. The number of hydrogen-bond donors (Lipinski definition) is 1. The molecule has 1 aliphatic rings. The monoisotopic (exact) mass is 550 g/mol.